The minimum absolute atomic E-state index is 0.242. The van der Waals surface area contributed by atoms with Gasteiger partial charge in [-0.05, 0) is 49.4 Å². The number of aromatic nitrogens is 3. The molecule has 3 aromatic rings. The van der Waals surface area contributed by atoms with E-state index in [9.17, 15) is 18.0 Å². The van der Waals surface area contributed by atoms with Crippen LogP contribution in [0.15, 0.2) is 42.5 Å². The molecule has 2 aromatic carbocycles. The van der Waals surface area contributed by atoms with E-state index in [0.29, 0.717) is 33.7 Å². The van der Waals surface area contributed by atoms with Gasteiger partial charge >= 0.3 is 12.3 Å². The first-order chi connectivity index (χ1) is 14.6. The van der Waals surface area contributed by atoms with E-state index >= 15 is 0 Å². The van der Waals surface area contributed by atoms with E-state index in [1.807, 2.05) is 0 Å². The zero-order chi connectivity index (χ0) is 22.8. The summed E-state index contributed by atoms with van der Waals surface area (Å²) in [7, 11) is 3.39. The summed E-state index contributed by atoms with van der Waals surface area (Å²) < 4.78 is 44.9. The highest BCUT2D eigenvalue weighted by Gasteiger charge is 2.30. The van der Waals surface area contributed by atoms with Crippen molar-refractivity contribution < 1.29 is 22.7 Å². The number of amides is 1. The SMILES string of the molecule is CCOC(=O)Nc1ccc(-c2nnc(N(C)c3ccc(C(F)(F)F)cc3)n2C)c(Cl)c1. The first-order valence-corrected chi connectivity index (χ1v) is 9.53. The number of rotatable bonds is 5. The summed E-state index contributed by atoms with van der Waals surface area (Å²) in [6.45, 7) is 1.94. The normalized spacial score (nSPS) is 11.3. The second-order valence-electron chi connectivity index (χ2n) is 6.53. The third kappa shape index (κ3) is 4.91. The smallest absolute Gasteiger partial charge is 0.416 e. The topological polar surface area (TPSA) is 72.3 Å². The number of nitrogens with one attached hydrogen (secondary N) is 1. The minimum atomic E-state index is -4.40. The summed E-state index contributed by atoms with van der Waals surface area (Å²) >= 11 is 6.37. The summed E-state index contributed by atoms with van der Waals surface area (Å²) in [4.78, 5) is 13.2. The zero-order valence-corrected chi connectivity index (χ0v) is 17.6. The largest absolute Gasteiger partial charge is 0.450 e. The summed E-state index contributed by atoms with van der Waals surface area (Å²) in [5.41, 5.74) is 0.802. The lowest BCUT2D eigenvalue weighted by molar-refractivity contribution is -0.137. The van der Waals surface area contributed by atoms with Crippen LogP contribution in [0, 0.1) is 0 Å². The molecular weight excluding hydrogens is 435 g/mol. The van der Waals surface area contributed by atoms with Gasteiger partial charge in [-0.25, -0.2) is 4.79 Å². The van der Waals surface area contributed by atoms with E-state index in [1.165, 1.54) is 12.1 Å². The monoisotopic (exact) mass is 453 g/mol. The molecule has 1 heterocycles. The number of carbonyl (C=O) groups is 1. The number of anilines is 3. The standard InChI is InChI=1S/C20H19ClF3N5O2/c1-4-31-19(30)25-13-7-10-15(16(21)11-13)17-26-27-18(29(17)3)28(2)14-8-5-12(6-9-14)20(22,23)24/h5-11H,4H2,1-3H3,(H,25,30). The third-order valence-corrected chi connectivity index (χ3v) is 4.78. The molecule has 0 spiro atoms. The molecule has 7 nitrogen and oxygen atoms in total. The van der Waals surface area contributed by atoms with E-state index in [2.05, 4.69) is 15.5 Å². The lowest BCUT2D eigenvalue weighted by atomic mass is 10.2. The van der Waals surface area contributed by atoms with Crippen LogP contribution in [0.4, 0.5) is 35.3 Å². The van der Waals surface area contributed by atoms with Crippen molar-refractivity contribution in [3.63, 3.8) is 0 Å². The van der Waals surface area contributed by atoms with Crippen LogP contribution in [0.5, 0.6) is 0 Å². The van der Waals surface area contributed by atoms with E-state index in [1.54, 1.807) is 48.7 Å². The van der Waals surface area contributed by atoms with Crippen LogP contribution >= 0.6 is 11.6 Å². The van der Waals surface area contributed by atoms with E-state index in [-0.39, 0.29) is 6.61 Å². The maximum Gasteiger partial charge on any atom is 0.416 e. The fraction of sp³-hybridized carbons (Fsp3) is 0.250. The van der Waals surface area contributed by atoms with E-state index in [4.69, 9.17) is 16.3 Å². The van der Waals surface area contributed by atoms with Gasteiger partial charge in [0.1, 0.15) is 0 Å². The van der Waals surface area contributed by atoms with E-state index in [0.717, 1.165) is 12.1 Å². The molecule has 0 radical (unpaired) electrons. The van der Waals surface area contributed by atoms with Crippen LogP contribution in [-0.2, 0) is 18.0 Å². The predicted octanol–water partition coefficient (Wildman–Crippen LogP) is 5.49. The Labute approximate surface area is 181 Å². The molecule has 1 aromatic heterocycles. The molecule has 0 atom stereocenters. The molecule has 164 valence electrons. The Kier molecular flexibility index (Phi) is 6.40. The Hall–Kier alpha value is -3.27. The summed E-state index contributed by atoms with van der Waals surface area (Å²) in [5, 5.41) is 11.2. The molecule has 0 saturated carbocycles. The van der Waals surface area contributed by atoms with Crippen molar-refractivity contribution in [3.8, 4) is 11.4 Å². The van der Waals surface area contributed by atoms with Crippen molar-refractivity contribution in [1.82, 2.24) is 14.8 Å². The van der Waals surface area contributed by atoms with Gasteiger partial charge in [-0.3, -0.25) is 9.88 Å². The number of ether oxygens (including phenoxy) is 1. The van der Waals surface area contributed by atoms with Crippen molar-refractivity contribution in [2.24, 2.45) is 7.05 Å². The Morgan fingerprint density at radius 3 is 2.45 bits per heavy atom. The van der Waals surface area contributed by atoms with Gasteiger partial charge in [0.15, 0.2) is 5.82 Å². The van der Waals surface area contributed by atoms with Crippen LogP contribution in [-0.4, -0.2) is 34.5 Å². The second-order valence-corrected chi connectivity index (χ2v) is 6.93. The van der Waals surface area contributed by atoms with Crippen molar-refractivity contribution in [1.29, 1.82) is 0 Å². The molecule has 31 heavy (non-hydrogen) atoms. The van der Waals surface area contributed by atoms with Gasteiger partial charge in [0.05, 0.1) is 17.2 Å². The molecule has 3 rings (SSSR count). The minimum Gasteiger partial charge on any atom is -0.450 e. The molecule has 1 amide bonds. The van der Waals surface area contributed by atoms with Gasteiger partial charge in [0, 0.05) is 31.0 Å². The van der Waals surface area contributed by atoms with Crippen molar-refractivity contribution >= 4 is 35.0 Å². The molecule has 0 unspecified atom stereocenters. The molecule has 1 N–H and O–H groups in total. The van der Waals surface area contributed by atoms with Gasteiger partial charge in [0.25, 0.3) is 0 Å². The van der Waals surface area contributed by atoms with Gasteiger partial charge in [0.2, 0.25) is 5.95 Å². The first kappa shape index (κ1) is 22.4. The number of hydrogen-bond acceptors (Lipinski definition) is 5. The molecule has 0 aliphatic rings. The van der Waals surface area contributed by atoms with Gasteiger partial charge in [-0.1, -0.05) is 11.6 Å². The van der Waals surface area contributed by atoms with Gasteiger partial charge in [-0.15, -0.1) is 10.2 Å². The fourth-order valence-electron chi connectivity index (χ4n) is 2.90. The highest BCUT2D eigenvalue weighted by Crippen LogP contribution is 2.33. The van der Waals surface area contributed by atoms with Crippen LogP contribution in [0.2, 0.25) is 5.02 Å². The molecule has 0 fully saturated rings. The zero-order valence-electron chi connectivity index (χ0n) is 16.9. The third-order valence-electron chi connectivity index (χ3n) is 4.47. The molecule has 11 heteroatoms. The average molecular weight is 454 g/mol. The quantitative estimate of drug-likeness (QED) is 0.553. The molecular formula is C20H19ClF3N5O2. The number of nitrogens with zero attached hydrogens (tertiary/aromatic N) is 4. The molecule has 0 aliphatic carbocycles. The number of carbonyl (C=O) groups excluding carboxylic acids is 1. The second kappa shape index (κ2) is 8.84. The number of halogens is 4. The van der Waals surface area contributed by atoms with Gasteiger partial charge in [-0.2, -0.15) is 13.2 Å². The Bertz CT molecular complexity index is 1080. The fourth-order valence-corrected chi connectivity index (χ4v) is 3.16. The van der Waals surface area contributed by atoms with Gasteiger partial charge < -0.3 is 9.64 Å². The summed E-state index contributed by atoms with van der Waals surface area (Å²) in [6, 6.07) is 9.62. The number of benzene rings is 2. The molecule has 0 aliphatic heterocycles. The van der Waals surface area contributed by atoms with Crippen LogP contribution in [0.1, 0.15) is 12.5 Å². The first-order valence-electron chi connectivity index (χ1n) is 9.16. The lowest BCUT2D eigenvalue weighted by Crippen LogP contribution is -2.15. The van der Waals surface area contributed by atoms with Crippen LogP contribution in [0.25, 0.3) is 11.4 Å². The van der Waals surface area contributed by atoms with Crippen molar-refractivity contribution in [3.05, 3.63) is 53.1 Å². The van der Waals surface area contributed by atoms with E-state index < -0.39 is 17.8 Å². The van der Waals surface area contributed by atoms with Crippen LogP contribution < -0.4 is 10.2 Å². The highest BCUT2D eigenvalue weighted by atomic mass is 35.5. The summed E-state index contributed by atoms with van der Waals surface area (Å²) in [5.74, 6) is 0.848. The Morgan fingerprint density at radius 1 is 1.19 bits per heavy atom. The van der Waals surface area contributed by atoms with Crippen molar-refractivity contribution in [2.45, 2.75) is 13.1 Å². The summed E-state index contributed by atoms with van der Waals surface area (Å²) in [6.07, 6.45) is -4.99. The Balaban J connectivity index is 1.85. The van der Waals surface area contributed by atoms with Crippen LogP contribution in [0.3, 0.4) is 0 Å². The maximum absolute atomic E-state index is 12.8. The maximum atomic E-state index is 12.8. The number of hydrogen-bond donors (Lipinski definition) is 1. The average Bonchev–Trinajstić information content (AvgIpc) is 3.08. The molecule has 0 saturated heterocycles. The van der Waals surface area contributed by atoms with Crippen molar-refractivity contribution in [2.75, 3.05) is 23.9 Å². The number of alkyl halides is 3. The predicted molar refractivity (Wildman–Crippen MR) is 112 cm³/mol. The highest BCUT2D eigenvalue weighted by molar-refractivity contribution is 6.33. The lowest BCUT2D eigenvalue weighted by Gasteiger charge is -2.19. The Morgan fingerprint density at radius 2 is 1.87 bits per heavy atom. The molecule has 0 bridgehead atoms.